The van der Waals surface area contributed by atoms with Crippen LogP contribution < -0.4 is 0 Å². The number of hydrogen-bond donors (Lipinski definition) is 0. The molecule has 61 valence electrons. The predicted octanol–water partition coefficient (Wildman–Crippen LogP) is 3.06. The minimum absolute atomic E-state index is 0.0208. The molecular formula is C8H19OSi. The summed E-state index contributed by atoms with van der Waals surface area (Å²) in [6.45, 7) is 12.2. The van der Waals surface area contributed by atoms with Gasteiger partial charge in [0.1, 0.15) is 0 Å². The van der Waals surface area contributed by atoms with E-state index in [1.165, 1.54) is 0 Å². The Morgan fingerprint density at radius 2 is 1.50 bits per heavy atom. The van der Waals surface area contributed by atoms with Gasteiger partial charge in [-0.05, 0) is 24.1 Å². The maximum absolute atomic E-state index is 11.7. The van der Waals surface area contributed by atoms with E-state index in [1.807, 2.05) is 13.1 Å². The fourth-order valence-electron chi connectivity index (χ4n) is 0.695. The van der Waals surface area contributed by atoms with E-state index in [0.29, 0.717) is 5.92 Å². The summed E-state index contributed by atoms with van der Waals surface area (Å²) in [5, 5.41) is 0.0208. The SMILES string of the molecule is CC(C)C(C)(C)[Si](C)(C)[O]. The van der Waals surface area contributed by atoms with Gasteiger partial charge in [-0.15, -0.1) is 0 Å². The largest absolute Gasteiger partial charge is 0.297 e. The molecule has 0 N–H and O–H groups in total. The van der Waals surface area contributed by atoms with Crippen molar-refractivity contribution >= 4 is 8.32 Å². The molecule has 0 aliphatic rings. The lowest BCUT2D eigenvalue weighted by Crippen LogP contribution is -2.40. The van der Waals surface area contributed by atoms with Gasteiger partial charge in [0.05, 0.1) is 0 Å². The van der Waals surface area contributed by atoms with Crippen molar-refractivity contribution in [1.29, 1.82) is 0 Å². The van der Waals surface area contributed by atoms with Crippen molar-refractivity contribution in [3.8, 4) is 0 Å². The molecule has 0 fully saturated rings. The highest BCUT2D eigenvalue weighted by Gasteiger charge is 2.42. The Morgan fingerprint density at radius 1 is 1.20 bits per heavy atom. The summed E-state index contributed by atoms with van der Waals surface area (Å²) >= 11 is 0. The molecule has 1 nitrogen and oxygen atoms in total. The first-order valence-corrected chi connectivity index (χ1v) is 6.81. The standard InChI is InChI=1S/C8H19OSi/c1-7(2)8(3,4)10(5,6)9/h7H,1-6H3. The van der Waals surface area contributed by atoms with E-state index < -0.39 is 8.32 Å². The zero-order chi connectivity index (χ0) is 8.58. The Bertz CT molecular complexity index is 111. The molecule has 0 aliphatic carbocycles. The Morgan fingerprint density at radius 3 is 1.50 bits per heavy atom. The van der Waals surface area contributed by atoms with E-state index in [2.05, 4.69) is 27.7 Å². The van der Waals surface area contributed by atoms with Crippen LogP contribution in [0.5, 0.6) is 0 Å². The molecule has 0 atom stereocenters. The summed E-state index contributed by atoms with van der Waals surface area (Å²) in [6, 6.07) is 0. The van der Waals surface area contributed by atoms with Crippen LogP contribution in [0.4, 0.5) is 0 Å². The predicted molar refractivity (Wildman–Crippen MR) is 47.0 cm³/mol. The van der Waals surface area contributed by atoms with E-state index in [1.54, 1.807) is 0 Å². The average Bonchev–Trinajstić information content (AvgIpc) is 1.62. The minimum Gasteiger partial charge on any atom is -0.297 e. The molecule has 0 aliphatic heterocycles. The molecular weight excluding hydrogens is 140 g/mol. The lowest BCUT2D eigenvalue weighted by molar-refractivity contribution is 0.337. The third-order valence-corrected chi connectivity index (χ3v) is 6.68. The van der Waals surface area contributed by atoms with Crippen LogP contribution in [0.2, 0.25) is 18.1 Å². The quantitative estimate of drug-likeness (QED) is 0.552. The first-order valence-electron chi connectivity index (χ1n) is 3.90. The maximum Gasteiger partial charge on any atom is 0.237 e. The number of hydrogen-bond acceptors (Lipinski definition) is 0. The van der Waals surface area contributed by atoms with Gasteiger partial charge in [0.15, 0.2) is 0 Å². The highest BCUT2D eigenvalue weighted by atomic mass is 28.4. The summed E-state index contributed by atoms with van der Waals surface area (Å²) < 4.78 is 0. The van der Waals surface area contributed by atoms with Gasteiger partial charge in [0.2, 0.25) is 8.32 Å². The molecule has 0 aromatic heterocycles. The molecule has 2 heteroatoms. The third-order valence-electron chi connectivity index (χ3n) is 3.00. The molecule has 0 rings (SSSR count). The molecule has 1 radical (unpaired) electrons. The van der Waals surface area contributed by atoms with E-state index in [0.717, 1.165) is 0 Å². The first kappa shape index (κ1) is 10.2. The Kier molecular flexibility index (Phi) is 2.71. The molecule has 0 spiro atoms. The van der Waals surface area contributed by atoms with Crippen LogP contribution in [0.25, 0.3) is 0 Å². The summed E-state index contributed by atoms with van der Waals surface area (Å²) in [5.41, 5.74) is 0. The van der Waals surface area contributed by atoms with Crippen molar-refractivity contribution in [1.82, 2.24) is 0 Å². The fraction of sp³-hybridized carbons (Fsp3) is 1.00. The van der Waals surface area contributed by atoms with Gasteiger partial charge >= 0.3 is 0 Å². The van der Waals surface area contributed by atoms with Crippen LogP contribution in [0, 0.1) is 5.92 Å². The lowest BCUT2D eigenvalue weighted by Gasteiger charge is -2.36. The fourth-order valence-corrected chi connectivity index (χ4v) is 2.09. The Labute approximate surface area is 65.6 Å². The van der Waals surface area contributed by atoms with Crippen LogP contribution in [0.3, 0.4) is 0 Å². The molecule has 0 saturated carbocycles. The zero-order valence-electron chi connectivity index (χ0n) is 7.99. The van der Waals surface area contributed by atoms with Crippen LogP contribution in [-0.4, -0.2) is 8.32 Å². The van der Waals surface area contributed by atoms with Crippen molar-refractivity contribution in [3.63, 3.8) is 0 Å². The minimum atomic E-state index is -2.20. The molecule has 0 saturated heterocycles. The number of rotatable bonds is 2. The van der Waals surface area contributed by atoms with E-state index in [9.17, 15) is 4.80 Å². The van der Waals surface area contributed by atoms with Gasteiger partial charge in [-0.3, -0.25) is 4.80 Å². The Balaban J connectivity index is 4.40. The van der Waals surface area contributed by atoms with E-state index in [-0.39, 0.29) is 5.04 Å². The summed E-state index contributed by atoms with van der Waals surface area (Å²) in [6.07, 6.45) is 0. The molecule has 0 unspecified atom stereocenters. The highest BCUT2D eigenvalue weighted by molar-refractivity contribution is 6.72. The summed E-state index contributed by atoms with van der Waals surface area (Å²) in [5.74, 6) is 0.506. The van der Waals surface area contributed by atoms with Crippen molar-refractivity contribution in [2.45, 2.75) is 45.8 Å². The smallest absolute Gasteiger partial charge is 0.237 e. The molecule has 10 heavy (non-hydrogen) atoms. The summed E-state index contributed by atoms with van der Waals surface area (Å²) in [7, 11) is -2.20. The monoisotopic (exact) mass is 159 g/mol. The molecule has 0 amide bonds. The van der Waals surface area contributed by atoms with Gasteiger partial charge in [0.25, 0.3) is 0 Å². The highest BCUT2D eigenvalue weighted by Crippen LogP contribution is 2.42. The van der Waals surface area contributed by atoms with Gasteiger partial charge in [0, 0.05) is 0 Å². The third kappa shape index (κ3) is 1.83. The van der Waals surface area contributed by atoms with Gasteiger partial charge in [-0.25, -0.2) is 0 Å². The van der Waals surface area contributed by atoms with E-state index >= 15 is 0 Å². The molecule has 0 bridgehead atoms. The molecule has 0 aromatic rings. The average molecular weight is 159 g/mol. The van der Waals surface area contributed by atoms with Gasteiger partial charge in [-0.2, -0.15) is 0 Å². The van der Waals surface area contributed by atoms with Gasteiger partial charge in [-0.1, -0.05) is 27.7 Å². The maximum atomic E-state index is 11.7. The molecule has 0 aromatic carbocycles. The van der Waals surface area contributed by atoms with Crippen LogP contribution in [-0.2, 0) is 4.80 Å². The van der Waals surface area contributed by atoms with Crippen molar-refractivity contribution in [2.24, 2.45) is 5.92 Å². The molecule has 0 heterocycles. The van der Waals surface area contributed by atoms with Crippen LogP contribution in [0.15, 0.2) is 0 Å². The lowest BCUT2D eigenvalue weighted by atomic mass is 9.99. The topological polar surface area (TPSA) is 19.9 Å². The van der Waals surface area contributed by atoms with E-state index in [4.69, 9.17) is 0 Å². The second-order valence-corrected chi connectivity index (χ2v) is 8.70. The second-order valence-electron chi connectivity index (χ2n) is 4.39. The van der Waals surface area contributed by atoms with Crippen molar-refractivity contribution in [2.75, 3.05) is 0 Å². The van der Waals surface area contributed by atoms with Crippen LogP contribution in [0.1, 0.15) is 27.7 Å². The summed E-state index contributed by atoms with van der Waals surface area (Å²) in [4.78, 5) is 11.7. The Hall–Kier alpha value is 0.177. The first-order chi connectivity index (χ1) is 4.19. The zero-order valence-corrected chi connectivity index (χ0v) is 8.99. The van der Waals surface area contributed by atoms with Crippen molar-refractivity contribution in [3.05, 3.63) is 0 Å². The van der Waals surface area contributed by atoms with Crippen LogP contribution >= 0.6 is 0 Å². The van der Waals surface area contributed by atoms with Gasteiger partial charge < -0.3 is 0 Å². The normalized spacial score (nSPS) is 14.4. The van der Waals surface area contributed by atoms with Crippen molar-refractivity contribution < 1.29 is 4.80 Å². The second kappa shape index (κ2) is 2.66.